The number of benzene rings is 1. The summed E-state index contributed by atoms with van der Waals surface area (Å²) in [5, 5.41) is 0. The zero-order valence-corrected chi connectivity index (χ0v) is 15.5. The Hall–Kier alpha value is -2.08. The molecule has 1 aromatic heterocycles. The molecule has 0 saturated carbocycles. The molecular weight excluding hydrogens is 334 g/mol. The summed E-state index contributed by atoms with van der Waals surface area (Å²) >= 11 is 1.72. The molecule has 0 radical (unpaired) electrons. The lowest BCUT2D eigenvalue weighted by molar-refractivity contribution is -0.129. The molecule has 2 aromatic rings. The lowest BCUT2D eigenvalue weighted by atomic mass is 10.3. The Balaban J connectivity index is 1.44. The van der Waals surface area contributed by atoms with Gasteiger partial charge in [0.25, 0.3) is 0 Å². The number of aromatic nitrogens is 2. The zero-order valence-electron chi connectivity index (χ0n) is 14.6. The van der Waals surface area contributed by atoms with Crippen LogP contribution >= 0.6 is 11.8 Å². The van der Waals surface area contributed by atoms with Gasteiger partial charge in [-0.2, -0.15) is 0 Å². The second-order valence-electron chi connectivity index (χ2n) is 6.21. The van der Waals surface area contributed by atoms with Crippen LogP contribution in [0.3, 0.4) is 0 Å². The molecule has 25 heavy (non-hydrogen) atoms. The summed E-state index contributed by atoms with van der Waals surface area (Å²) < 4.78 is 5.87. The highest BCUT2D eigenvalue weighted by molar-refractivity contribution is 7.99. The van der Waals surface area contributed by atoms with E-state index in [1.807, 2.05) is 43.0 Å². The minimum absolute atomic E-state index is 0.0214. The van der Waals surface area contributed by atoms with Crippen molar-refractivity contribution in [1.82, 2.24) is 14.9 Å². The maximum atomic E-state index is 12.4. The summed E-state index contributed by atoms with van der Waals surface area (Å²) in [5.74, 6) is 0.987. The van der Waals surface area contributed by atoms with Crippen LogP contribution in [0, 0.1) is 13.8 Å². The predicted octanol–water partition coefficient (Wildman–Crippen LogP) is 3.26. The second-order valence-corrected chi connectivity index (χ2v) is 7.38. The Kier molecular flexibility index (Phi) is 5.91. The molecule has 5 nitrogen and oxygen atoms in total. The first-order valence-electron chi connectivity index (χ1n) is 8.55. The summed E-state index contributed by atoms with van der Waals surface area (Å²) in [4.78, 5) is 24.1. The number of aryl methyl sites for hydroxylation is 2. The number of hydrogen-bond acceptors (Lipinski definition) is 5. The molecule has 1 atom stereocenters. The summed E-state index contributed by atoms with van der Waals surface area (Å²) in [6.45, 7) is 5.21. The van der Waals surface area contributed by atoms with Gasteiger partial charge < -0.3 is 9.64 Å². The molecule has 0 bridgehead atoms. The van der Waals surface area contributed by atoms with Gasteiger partial charge >= 0.3 is 6.01 Å². The third kappa shape index (κ3) is 5.19. The van der Waals surface area contributed by atoms with Crippen molar-refractivity contribution in [2.24, 2.45) is 0 Å². The van der Waals surface area contributed by atoms with E-state index < -0.39 is 0 Å². The molecular formula is C19H23N3O2S. The van der Waals surface area contributed by atoms with Crippen molar-refractivity contribution < 1.29 is 9.53 Å². The van der Waals surface area contributed by atoms with Crippen LogP contribution in [0.4, 0.5) is 0 Å². The SMILES string of the molecule is Cc1cc(C)nc(OC2CCN(C(=O)CCSc3ccccc3)C2)n1. The summed E-state index contributed by atoms with van der Waals surface area (Å²) in [6.07, 6.45) is 1.35. The van der Waals surface area contributed by atoms with Gasteiger partial charge in [-0.25, -0.2) is 9.97 Å². The molecule has 132 valence electrons. The van der Waals surface area contributed by atoms with Gasteiger partial charge in [0.2, 0.25) is 5.91 Å². The van der Waals surface area contributed by atoms with E-state index in [1.54, 1.807) is 11.8 Å². The summed E-state index contributed by atoms with van der Waals surface area (Å²) in [7, 11) is 0. The number of likely N-dealkylation sites (tertiary alicyclic amines) is 1. The molecule has 6 heteroatoms. The number of carbonyl (C=O) groups is 1. The molecule has 1 aromatic carbocycles. The summed E-state index contributed by atoms with van der Waals surface area (Å²) in [6, 6.07) is 12.5. The topological polar surface area (TPSA) is 55.3 Å². The van der Waals surface area contributed by atoms with E-state index in [-0.39, 0.29) is 12.0 Å². The van der Waals surface area contributed by atoms with Crippen LogP contribution in [0.15, 0.2) is 41.3 Å². The highest BCUT2D eigenvalue weighted by atomic mass is 32.2. The quantitative estimate of drug-likeness (QED) is 0.743. The number of rotatable bonds is 6. The van der Waals surface area contributed by atoms with E-state index in [0.717, 1.165) is 30.1 Å². The van der Waals surface area contributed by atoms with Crippen LogP contribution in [-0.4, -0.2) is 45.7 Å². The molecule has 1 amide bonds. The first-order valence-corrected chi connectivity index (χ1v) is 9.53. The number of nitrogens with zero attached hydrogens (tertiary/aromatic N) is 3. The average Bonchev–Trinajstić information content (AvgIpc) is 3.03. The number of carbonyl (C=O) groups excluding carboxylic acids is 1. The van der Waals surface area contributed by atoms with Gasteiger partial charge in [-0.1, -0.05) is 18.2 Å². The second kappa shape index (κ2) is 8.34. The van der Waals surface area contributed by atoms with Gasteiger partial charge in [0, 0.05) is 41.4 Å². The molecule has 0 aliphatic carbocycles. The van der Waals surface area contributed by atoms with E-state index in [4.69, 9.17) is 4.74 Å². The van der Waals surface area contributed by atoms with Crippen LogP contribution in [0.5, 0.6) is 6.01 Å². The van der Waals surface area contributed by atoms with Gasteiger partial charge in [0.05, 0.1) is 6.54 Å². The van der Waals surface area contributed by atoms with Crippen molar-refractivity contribution in [3.8, 4) is 6.01 Å². The molecule has 0 N–H and O–H groups in total. The first kappa shape index (κ1) is 17.7. The zero-order chi connectivity index (χ0) is 17.6. The molecule has 1 aliphatic rings. The van der Waals surface area contributed by atoms with Crippen molar-refractivity contribution >= 4 is 17.7 Å². The van der Waals surface area contributed by atoms with Crippen molar-refractivity contribution in [1.29, 1.82) is 0 Å². The third-order valence-corrected chi connectivity index (χ3v) is 5.07. The number of thioether (sulfide) groups is 1. The minimum Gasteiger partial charge on any atom is -0.458 e. The van der Waals surface area contributed by atoms with Crippen LogP contribution in [-0.2, 0) is 4.79 Å². The van der Waals surface area contributed by atoms with Gasteiger partial charge in [0.1, 0.15) is 6.10 Å². The van der Waals surface area contributed by atoms with Crippen molar-refractivity contribution in [2.45, 2.75) is 37.7 Å². The van der Waals surface area contributed by atoms with Gasteiger partial charge in [-0.15, -0.1) is 11.8 Å². The van der Waals surface area contributed by atoms with E-state index in [9.17, 15) is 4.79 Å². The molecule has 2 heterocycles. The minimum atomic E-state index is -0.0214. The van der Waals surface area contributed by atoms with Crippen molar-refractivity contribution in [2.75, 3.05) is 18.8 Å². The fourth-order valence-electron chi connectivity index (χ4n) is 2.88. The van der Waals surface area contributed by atoms with Crippen LogP contribution in [0.25, 0.3) is 0 Å². The average molecular weight is 357 g/mol. The molecule has 1 aliphatic heterocycles. The first-order chi connectivity index (χ1) is 12.1. The number of amides is 1. The Morgan fingerprint density at radius 3 is 2.68 bits per heavy atom. The Labute approximate surface area is 152 Å². The number of ether oxygens (including phenoxy) is 1. The fraction of sp³-hybridized carbons (Fsp3) is 0.421. The Morgan fingerprint density at radius 1 is 1.24 bits per heavy atom. The molecule has 1 unspecified atom stereocenters. The molecule has 3 rings (SSSR count). The highest BCUT2D eigenvalue weighted by Gasteiger charge is 2.28. The number of hydrogen-bond donors (Lipinski definition) is 0. The van der Waals surface area contributed by atoms with Gasteiger partial charge in [-0.05, 0) is 32.0 Å². The van der Waals surface area contributed by atoms with E-state index in [1.165, 1.54) is 4.90 Å². The van der Waals surface area contributed by atoms with Crippen molar-refractivity contribution in [3.05, 3.63) is 47.8 Å². The monoisotopic (exact) mass is 357 g/mol. The maximum Gasteiger partial charge on any atom is 0.317 e. The maximum absolute atomic E-state index is 12.4. The standard InChI is InChI=1S/C19H23N3O2S/c1-14-12-15(2)21-19(20-14)24-16-8-10-22(13-16)18(23)9-11-25-17-6-4-3-5-7-17/h3-7,12,16H,8-11,13H2,1-2H3. The lowest BCUT2D eigenvalue weighted by Crippen LogP contribution is -2.31. The highest BCUT2D eigenvalue weighted by Crippen LogP contribution is 2.20. The molecule has 0 spiro atoms. The smallest absolute Gasteiger partial charge is 0.317 e. The Bertz CT molecular complexity index is 704. The fourth-order valence-corrected chi connectivity index (χ4v) is 3.74. The van der Waals surface area contributed by atoms with Gasteiger partial charge in [0.15, 0.2) is 0 Å². The normalized spacial score (nSPS) is 16.9. The van der Waals surface area contributed by atoms with E-state index in [0.29, 0.717) is 19.0 Å². The lowest BCUT2D eigenvalue weighted by Gasteiger charge is -2.17. The molecule has 1 fully saturated rings. The van der Waals surface area contributed by atoms with E-state index >= 15 is 0 Å². The third-order valence-electron chi connectivity index (χ3n) is 4.06. The van der Waals surface area contributed by atoms with Crippen LogP contribution in [0.2, 0.25) is 0 Å². The van der Waals surface area contributed by atoms with Crippen molar-refractivity contribution in [3.63, 3.8) is 0 Å². The van der Waals surface area contributed by atoms with Crippen LogP contribution in [0.1, 0.15) is 24.2 Å². The largest absolute Gasteiger partial charge is 0.458 e. The summed E-state index contributed by atoms with van der Waals surface area (Å²) in [5.41, 5.74) is 1.79. The van der Waals surface area contributed by atoms with Crippen LogP contribution < -0.4 is 4.74 Å². The van der Waals surface area contributed by atoms with Gasteiger partial charge in [-0.3, -0.25) is 4.79 Å². The predicted molar refractivity (Wildman–Crippen MR) is 98.9 cm³/mol. The Morgan fingerprint density at radius 2 is 1.96 bits per heavy atom. The molecule has 1 saturated heterocycles. The van der Waals surface area contributed by atoms with E-state index in [2.05, 4.69) is 22.1 Å².